The summed E-state index contributed by atoms with van der Waals surface area (Å²) >= 11 is 0. The molecule has 0 aliphatic carbocycles. The molecular formula is C16H13BN6O3. The second-order valence-corrected chi connectivity index (χ2v) is 5.12. The molecule has 0 radical (unpaired) electrons. The largest absolute Gasteiger partial charge is 0.488 e. The van der Waals surface area contributed by atoms with Gasteiger partial charge in [-0.2, -0.15) is 10.5 Å². The number of nitrogens with zero attached hydrogens (tertiary/aromatic N) is 4. The van der Waals surface area contributed by atoms with E-state index < -0.39 is 7.12 Å². The number of rotatable bonds is 6. The molecule has 2 aromatic carbocycles. The Morgan fingerprint density at radius 2 is 1.77 bits per heavy atom. The van der Waals surface area contributed by atoms with Crippen LogP contribution in [-0.2, 0) is 0 Å². The molecule has 0 unspecified atom stereocenters. The van der Waals surface area contributed by atoms with Gasteiger partial charge in [0.15, 0.2) is 0 Å². The second kappa shape index (κ2) is 7.93. The van der Waals surface area contributed by atoms with Crippen molar-refractivity contribution < 1.29 is 14.8 Å². The predicted molar refractivity (Wildman–Crippen MR) is 94.2 cm³/mol. The first-order valence-electron chi connectivity index (χ1n) is 7.50. The lowest BCUT2D eigenvalue weighted by Crippen LogP contribution is -2.29. The maximum Gasteiger partial charge on any atom is 0.488 e. The van der Waals surface area contributed by atoms with Crippen molar-refractivity contribution in [3.05, 3.63) is 60.6 Å². The van der Waals surface area contributed by atoms with Crippen LogP contribution in [0.3, 0.4) is 0 Å². The van der Waals surface area contributed by atoms with Gasteiger partial charge >= 0.3 is 7.12 Å². The molecule has 10 heteroatoms. The third kappa shape index (κ3) is 4.24. The first-order chi connectivity index (χ1) is 12.7. The highest BCUT2D eigenvalue weighted by atomic mass is 16.5. The van der Waals surface area contributed by atoms with E-state index in [2.05, 4.69) is 25.9 Å². The average molecular weight is 348 g/mol. The van der Waals surface area contributed by atoms with Crippen molar-refractivity contribution in [3.8, 4) is 17.6 Å². The fourth-order valence-electron chi connectivity index (χ4n) is 2.04. The molecule has 0 aliphatic heterocycles. The quantitative estimate of drug-likeness (QED) is 0.376. The van der Waals surface area contributed by atoms with Gasteiger partial charge < -0.3 is 20.1 Å². The molecule has 1 heterocycles. The number of hydrogen-bond donors (Lipinski definition) is 4. The van der Waals surface area contributed by atoms with Crippen LogP contribution in [0, 0.1) is 11.3 Å². The van der Waals surface area contributed by atoms with E-state index in [9.17, 15) is 0 Å². The van der Waals surface area contributed by atoms with E-state index in [1.54, 1.807) is 48.5 Å². The van der Waals surface area contributed by atoms with E-state index in [0.29, 0.717) is 17.0 Å². The van der Waals surface area contributed by atoms with E-state index in [4.69, 9.17) is 20.0 Å². The highest BCUT2D eigenvalue weighted by Gasteiger charge is 2.10. The highest BCUT2D eigenvalue weighted by Crippen LogP contribution is 2.22. The molecule has 0 aliphatic rings. The van der Waals surface area contributed by atoms with Crippen molar-refractivity contribution in [2.45, 2.75) is 0 Å². The maximum absolute atomic E-state index is 9.11. The Morgan fingerprint density at radius 1 is 1.12 bits per heavy atom. The first-order valence-corrected chi connectivity index (χ1v) is 7.50. The molecule has 0 spiro atoms. The van der Waals surface area contributed by atoms with Gasteiger partial charge in [-0.3, -0.25) is 0 Å². The van der Waals surface area contributed by atoms with Gasteiger partial charge in [0.05, 0.1) is 0 Å². The number of nitrogens with one attached hydrogen (secondary N) is 2. The number of hydrogen-bond acceptors (Lipinski definition) is 8. The molecule has 0 fully saturated rings. The van der Waals surface area contributed by atoms with E-state index in [0.717, 1.165) is 5.69 Å². The second-order valence-electron chi connectivity index (χ2n) is 5.12. The smallest absolute Gasteiger partial charge is 0.457 e. The molecule has 1 aromatic heterocycles. The summed E-state index contributed by atoms with van der Waals surface area (Å²) in [6, 6.07) is 15.5. The zero-order valence-corrected chi connectivity index (χ0v) is 13.4. The molecule has 9 nitrogen and oxygen atoms in total. The van der Waals surface area contributed by atoms with Crippen LogP contribution in [0.2, 0.25) is 0 Å². The monoisotopic (exact) mass is 348 g/mol. The average Bonchev–Trinajstić information content (AvgIpc) is 3.18. The van der Waals surface area contributed by atoms with Crippen molar-refractivity contribution in [2.24, 2.45) is 0 Å². The number of aromatic nitrogens is 4. The molecular weight excluding hydrogens is 335 g/mol. The number of benzene rings is 2. The van der Waals surface area contributed by atoms with Crippen LogP contribution in [0.1, 0.15) is 5.82 Å². The summed E-state index contributed by atoms with van der Waals surface area (Å²) in [4.78, 5) is 0. The van der Waals surface area contributed by atoms with Crippen LogP contribution in [0.15, 0.2) is 54.7 Å². The standard InChI is InChI=1S/C16H13BN6O3/c18-9-11(16-20-22-23-21-16)10-19-13-3-7-15(8-4-13)26-14-5-1-12(2-6-14)17(24)25/h1-8,10,19,24-25H,(H,20,21,22,23). The fourth-order valence-corrected chi connectivity index (χ4v) is 2.04. The molecule has 4 N–H and O–H groups in total. The summed E-state index contributed by atoms with van der Waals surface area (Å²) in [5.74, 6) is 1.38. The minimum absolute atomic E-state index is 0.205. The minimum Gasteiger partial charge on any atom is -0.457 e. The first kappa shape index (κ1) is 17.2. The van der Waals surface area contributed by atoms with Crippen molar-refractivity contribution >= 4 is 23.8 Å². The Morgan fingerprint density at radius 3 is 2.31 bits per heavy atom. The van der Waals surface area contributed by atoms with E-state index in [-0.39, 0.29) is 11.4 Å². The third-order valence-electron chi connectivity index (χ3n) is 3.36. The number of nitriles is 1. The Kier molecular flexibility index (Phi) is 5.23. The van der Waals surface area contributed by atoms with Crippen LogP contribution in [0.25, 0.3) is 5.57 Å². The summed E-state index contributed by atoms with van der Waals surface area (Å²) in [7, 11) is -1.51. The van der Waals surface area contributed by atoms with Gasteiger partial charge in [-0.15, -0.1) is 10.2 Å². The Bertz CT molecular complexity index is 918. The van der Waals surface area contributed by atoms with Crippen LogP contribution in [0.4, 0.5) is 5.69 Å². The minimum atomic E-state index is -1.51. The van der Waals surface area contributed by atoms with Crippen molar-refractivity contribution in [2.75, 3.05) is 5.32 Å². The zero-order valence-electron chi connectivity index (χ0n) is 13.4. The Labute approximate surface area is 148 Å². The molecule has 3 aromatic rings. The van der Waals surface area contributed by atoms with Crippen LogP contribution >= 0.6 is 0 Å². The molecule has 128 valence electrons. The molecule has 0 bridgehead atoms. The van der Waals surface area contributed by atoms with Gasteiger partial charge in [-0.05, 0) is 47.1 Å². The lowest BCUT2D eigenvalue weighted by Gasteiger charge is -2.08. The molecule has 0 atom stereocenters. The third-order valence-corrected chi connectivity index (χ3v) is 3.36. The highest BCUT2D eigenvalue weighted by molar-refractivity contribution is 6.58. The fraction of sp³-hybridized carbons (Fsp3) is 0. The normalized spacial score (nSPS) is 10.9. The zero-order chi connectivity index (χ0) is 18.4. The van der Waals surface area contributed by atoms with Gasteiger partial charge in [0.25, 0.3) is 0 Å². The summed E-state index contributed by atoms with van der Waals surface area (Å²) in [6.45, 7) is 0. The SMILES string of the molecule is N#CC(=CNc1ccc(Oc2ccc(B(O)O)cc2)cc1)c1nn[nH]n1. The number of allylic oxidation sites excluding steroid dienone is 1. The molecule has 0 saturated carbocycles. The Balaban J connectivity index is 1.64. The predicted octanol–water partition coefficient (Wildman–Crippen LogP) is 0.648. The van der Waals surface area contributed by atoms with Crippen LogP contribution in [0.5, 0.6) is 11.5 Å². The molecule has 3 rings (SSSR count). The van der Waals surface area contributed by atoms with Crippen molar-refractivity contribution in [1.82, 2.24) is 20.6 Å². The van der Waals surface area contributed by atoms with Gasteiger partial charge in [0, 0.05) is 11.9 Å². The summed E-state index contributed by atoms with van der Waals surface area (Å²) < 4.78 is 5.68. The Hall–Kier alpha value is -3.68. The topological polar surface area (TPSA) is 140 Å². The number of aromatic amines is 1. The molecule has 0 amide bonds. The van der Waals surface area contributed by atoms with Gasteiger partial charge in [0.1, 0.15) is 23.1 Å². The van der Waals surface area contributed by atoms with Crippen molar-refractivity contribution in [1.29, 1.82) is 5.26 Å². The van der Waals surface area contributed by atoms with Crippen LogP contribution in [-0.4, -0.2) is 37.8 Å². The summed E-state index contributed by atoms with van der Waals surface area (Å²) in [5, 5.41) is 43.4. The van der Waals surface area contributed by atoms with Gasteiger partial charge in [-0.25, -0.2) is 0 Å². The summed E-state index contributed by atoms with van der Waals surface area (Å²) in [6.07, 6.45) is 1.49. The van der Waals surface area contributed by atoms with E-state index in [1.165, 1.54) is 6.20 Å². The van der Waals surface area contributed by atoms with E-state index in [1.807, 2.05) is 6.07 Å². The number of ether oxygens (including phenoxy) is 1. The molecule has 0 saturated heterocycles. The summed E-state index contributed by atoms with van der Waals surface area (Å²) in [5.41, 5.74) is 1.37. The van der Waals surface area contributed by atoms with Crippen LogP contribution < -0.4 is 15.5 Å². The van der Waals surface area contributed by atoms with E-state index >= 15 is 0 Å². The van der Waals surface area contributed by atoms with Gasteiger partial charge in [0.2, 0.25) is 5.82 Å². The number of tetrazole rings is 1. The lowest BCUT2D eigenvalue weighted by atomic mass is 9.80. The number of anilines is 1. The van der Waals surface area contributed by atoms with Crippen molar-refractivity contribution in [3.63, 3.8) is 0 Å². The molecule has 26 heavy (non-hydrogen) atoms. The maximum atomic E-state index is 9.11. The lowest BCUT2D eigenvalue weighted by molar-refractivity contribution is 0.425. The van der Waals surface area contributed by atoms with Gasteiger partial charge in [-0.1, -0.05) is 12.1 Å². The number of H-pyrrole nitrogens is 1.